The van der Waals surface area contributed by atoms with E-state index in [1.807, 2.05) is 18.2 Å². The second kappa shape index (κ2) is 4.68. The van der Waals surface area contributed by atoms with Crippen molar-refractivity contribution in [1.82, 2.24) is 9.97 Å². The summed E-state index contributed by atoms with van der Waals surface area (Å²) < 4.78 is 5.95. The van der Waals surface area contributed by atoms with E-state index in [9.17, 15) is 0 Å². The highest BCUT2D eigenvalue weighted by Crippen LogP contribution is 2.38. The topological polar surface area (TPSA) is 35.0 Å². The molecule has 0 amide bonds. The highest BCUT2D eigenvalue weighted by atomic mass is 35.5. The lowest BCUT2D eigenvalue weighted by Crippen LogP contribution is -2.08. The predicted octanol–water partition coefficient (Wildman–Crippen LogP) is 4.64. The van der Waals surface area contributed by atoms with Gasteiger partial charge in [0, 0.05) is 11.3 Å². The van der Waals surface area contributed by atoms with Crippen molar-refractivity contribution in [3.8, 4) is 5.75 Å². The van der Waals surface area contributed by atoms with Crippen molar-refractivity contribution in [2.45, 2.75) is 26.4 Å². The Morgan fingerprint density at radius 3 is 2.86 bits per heavy atom. The summed E-state index contributed by atoms with van der Waals surface area (Å²) in [6.07, 6.45) is 0.647. The smallest absolute Gasteiger partial charge is 0.172 e. The molecule has 1 unspecified atom stereocenters. The summed E-state index contributed by atoms with van der Waals surface area (Å²) in [6.45, 7) is 4.14. The molecule has 3 nitrogen and oxygen atoms in total. The van der Waals surface area contributed by atoms with Gasteiger partial charge in [0.05, 0.1) is 5.39 Å². The second-order valence-corrected chi connectivity index (χ2v) is 6.82. The molecule has 106 valence electrons. The molecule has 0 aliphatic carbocycles. The van der Waals surface area contributed by atoms with E-state index in [4.69, 9.17) is 16.3 Å². The Hall–Kier alpha value is -1.65. The van der Waals surface area contributed by atoms with Crippen molar-refractivity contribution in [1.29, 1.82) is 0 Å². The summed E-state index contributed by atoms with van der Waals surface area (Å²) in [7, 11) is 0. The summed E-state index contributed by atoms with van der Waals surface area (Å²) in [6, 6.07) is 8.06. The molecule has 0 radical (unpaired) electrons. The number of thiophene rings is 1. The lowest BCUT2D eigenvalue weighted by atomic mass is 10.1. The number of para-hydroxylation sites is 1. The van der Waals surface area contributed by atoms with Crippen LogP contribution >= 0.6 is 22.9 Å². The molecule has 4 rings (SSSR count). The molecular formula is C16H13ClN2OS. The molecule has 0 spiro atoms. The van der Waals surface area contributed by atoms with Crippen molar-refractivity contribution in [2.24, 2.45) is 0 Å². The minimum Gasteiger partial charge on any atom is -0.482 e. The maximum atomic E-state index is 6.37. The van der Waals surface area contributed by atoms with Crippen LogP contribution in [0.25, 0.3) is 10.2 Å². The first-order valence-electron chi connectivity index (χ1n) is 6.81. The zero-order valence-corrected chi connectivity index (χ0v) is 13.3. The van der Waals surface area contributed by atoms with Crippen LogP contribution < -0.4 is 4.74 Å². The third-order valence-corrected chi connectivity index (χ3v) is 5.31. The molecule has 1 atom stereocenters. The van der Waals surface area contributed by atoms with Gasteiger partial charge in [0.25, 0.3) is 0 Å². The van der Waals surface area contributed by atoms with Gasteiger partial charge in [-0.1, -0.05) is 29.8 Å². The number of aryl methyl sites for hydroxylation is 2. The van der Waals surface area contributed by atoms with Crippen LogP contribution in [0.1, 0.15) is 27.9 Å². The summed E-state index contributed by atoms with van der Waals surface area (Å²) in [5, 5.41) is 1.50. The van der Waals surface area contributed by atoms with Gasteiger partial charge < -0.3 is 4.74 Å². The number of fused-ring (bicyclic) bond motifs is 2. The van der Waals surface area contributed by atoms with Gasteiger partial charge in [0.1, 0.15) is 15.7 Å². The Kier molecular flexibility index (Phi) is 2.91. The van der Waals surface area contributed by atoms with Crippen molar-refractivity contribution in [2.75, 3.05) is 0 Å². The van der Waals surface area contributed by atoms with Crippen molar-refractivity contribution in [3.05, 3.63) is 51.2 Å². The number of hydrogen-bond acceptors (Lipinski definition) is 4. The standard InChI is InChI=1S/C16H13ClN2OS/c1-8-9(2)21-16-13(8)14(17)18-15(19-16)12-7-10-5-3-4-6-11(10)20-12/h3-6,12H,7H2,1-2H3. The van der Waals surface area contributed by atoms with E-state index in [0.29, 0.717) is 11.0 Å². The molecule has 0 saturated heterocycles. The molecule has 0 N–H and O–H groups in total. The van der Waals surface area contributed by atoms with Crippen molar-refractivity contribution < 1.29 is 4.74 Å². The van der Waals surface area contributed by atoms with E-state index in [2.05, 4.69) is 29.9 Å². The van der Waals surface area contributed by atoms with Gasteiger partial charge in [-0.25, -0.2) is 9.97 Å². The Balaban J connectivity index is 1.79. The van der Waals surface area contributed by atoms with Crippen LogP contribution in [0.15, 0.2) is 24.3 Å². The highest BCUT2D eigenvalue weighted by Gasteiger charge is 2.27. The van der Waals surface area contributed by atoms with Crippen molar-refractivity contribution >= 4 is 33.2 Å². The van der Waals surface area contributed by atoms with E-state index in [1.165, 1.54) is 16.0 Å². The minimum atomic E-state index is -0.146. The molecule has 1 aliphatic rings. The number of hydrogen-bond donors (Lipinski definition) is 0. The largest absolute Gasteiger partial charge is 0.482 e. The average molecular weight is 317 g/mol. The molecular weight excluding hydrogens is 304 g/mol. The maximum absolute atomic E-state index is 6.37. The van der Waals surface area contributed by atoms with Gasteiger partial charge in [-0.2, -0.15) is 0 Å². The van der Waals surface area contributed by atoms with Gasteiger partial charge in [-0.3, -0.25) is 0 Å². The van der Waals surface area contributed by atoms with Gasteiger partial charge >= 0.3 is 0 Å². The summed E-state index contributed by atoms with van der Waals surface area (Å²) in [5.74, 6) is 1.59. The van der Waals surface area contributed by atoms with Crippen LogP contribution in [0.4, 0.5) is 0 Å². The number of nitrogens with zero attached hydrogens (tertiary/aromatic N) is 2. The first kappa shape index (κ1) is 13.0. The third-order valence-electron chi connectivity index (χ3n) is 3.94. The van der Waals surface area contributed by atoms with Gasteiger partial charge in [0.2, 0.25) is 0 Å². The Labute approximate surface area is 131 Å². The summed E-state index contributed by atoms with van der Waals surface area (Å²) >= 11 is 8.03. The Bertz CT molecular complexity index is 834. The first-order valence-corrected chi connectivity index (χ1v) is 8.00. The van der Waals surface area contributed by atoms with Gasteiger partial charge in [-0.05, 0) is 31.0 Å². The van der Waals surface area contributed by atoms with E-state index in [1.54, 1.807) is 11.3 Å². The zero-order valence-electron chi connectivity index (χ0n) is 11.7. The van der Waals surface area contributed by atoms with E-state index in [-0.39, 0.29) is 6.10 Å². The minimum absolute atomic E-state index is 0.146. The van der Waals surface area contributed by atoms with Crippen LogP contribution in [-0.2, 0) is 6.42 Å². The molecule has 2 aromatic heterocycles. The van der Waals surface area contributed by atoms with Crippen LogP contribution in [-0.4, -0.2) is 9.97 Å². The molecule has 1 aliphatic heterocycles. The monoisotopic (exact) mass is 316 g/mol. The second-order valence-electron chi connectivity index (χ2n) is 5.25. The lowest BCUT2D eigenvalue weighted by molar-refractivity contribution is 0.228. The molecule has 1 aromatic carbocycles. The van der Waals surface area contributed by atoms with Crippen LogP contribution in [0.3, 0.4) is 0 Å². The molecule has 21 heavy (non-hydrogen) atoms. The van der Waals surface area contributed by atoms with Gasteiger partial charge in [-0.15, -0.1) is 11.3 Å². The SMILES string of the molecule is Cc1sc2nc(C3Cc4ccccc4O3)nc(Cl)c2c1C. The normalized spacial score (nSPS) is 17.0. The molecule has 5 heteroatoms. The van der Waals surface area contributed by atoms with Gasteiger partial charge in [0.15, 0.2) is 11.9 Å². The van der Waals surface area contributed by atoms with Crippen LogP contribution in [0, 0.1) is 13.8 Å². The number of halogens is 1. The molecule has 0 bridgehead atoms. The Morgan fingerprint density at radius 2 is 2.05 bits per heavy atom. The van der Waals surface area contributed by atoms with E-state index in [0.717, 1.165) is 22.4 Å². The number of benzene rings is 1. The predicted molar refractivity (Wildman–Crippen MR) is 85.4 cm³/mol. The zero-order chi connectivity index (χ0) is 14.6. The Morgan fingerprint density at radius 1 is 1.24 bits per heavy atom. The van der Waals surface area contributed by atoms with E-state index < -0.39 is 0 Å². The average Bonchev–Trinajstić information content (AvgIpc) is 3.01. The fraction of sp³-hybridized carbons (Fsp3) is 0.250. The number of aromatic nitrogens is 2. The fourth-order valence-electron chi connectivity index (χ4n) is 2.69. The lowest BCUT2D eigenvalue weighted by Gasteiger charge is -2.09. The fourth-order valence-corrected chi connectivity index (χ4v) is 4.10. The summed E-state index contributed by atoms with van der Waals surface area (Å²) in [4.78, 5) is 11.3. The van der Waals surface area contributed by atoms with Crippen LogP contribution in [0.2, 0.25) is 5.15 Å². The molecule has 3 heterocycles. The molecule has 0 fully saturated rings. The third kappa shape index (κ3) is 2.01. The van der Waals surface area contributed by atoms with Crippen molar-refractivity contribution in [3.63, 3.8) is 0 Å². The first-order chi connectivity index (χ1) is 10.1. The molecule has 3 aromatic rings. The van der Waals surface area contributed by atoms with Crippen LogP contribution in [0.5, 0.6) is 5.75 Å². The highest BCUT2D eigenvalue weighted by molar-refractivity contribution is 7.18. The maximum Gasteiger partial charge on any atom is 0.172 e. The quantitative estimate of drug-likeness (QED) is 0.614. The number of rotatable bonds is 1. The summed E-state index contributed by atoms with van der Waals surface area (Å²) in [5.41, 5.74) is 2.36. The number of ether oxygens (including phenoxy) is 1. The molecule has 0 saturated carbocycles. The van der Waals surface area contributed by atoms with E-state index >= 15 is 0 Å².